The Morgan fingerprint density at radius 2 is 2.09 bits per heavy atom. The van der Waals surface area contributed by atoms with Crippen LogP contribution in [-0.2, 0) is 11.3 Å². The van der Waals surface area contributed by atoms with Crippen molar-refractivity contribution in [2.24, 2.45) is 0 Å². The Kier molecular flexibility index (Phi) is 5.19. The van der Waals surface area contributed by atoms with Crippen LogP contribution in [0.4, 0.5) is 8.78 Å². The first kappa shape index (κ1) is 15.9. The third-order valence-corrected chi connectivity index (χ3v) is 3.86. The van der Waals surface area contributed by atoms with Crippen LogP contribution < -0.4 is 4.74 Å². The molecule has 2 aromatic rings. The zero-order chi connectivity index (χ0) is 16.1. The average Bonchev–Trinajstić information content (AvgIpc) is 3.07. The van der Waals surface area contributed by atoms with E-state index in [2.05, 4.69) is 14.6 Å². The molecule has 0 amide bonds. The lowest BCUT2D eigenvalue weighted by Crippen LogP contribution is -2.39. The van der Waals surface area contributed by atoms with E-state index < -0.39 is 6.61 Å². The van der Waals surface area contributed by atoms with Gasteiger partial charge in [-0.1, -0.05) is 12.1 Å². The van der Waals surface area contributed by atoms with Gasteiger partial charge in [-0.3, -0.25) is 4.90 Å². The van der Waals surface area contributed by atoms with E-state index in [4.69, 9.17) is 4.74 Å². The van der Waals surface area contributed by atoms with Gasteiger partial charge in [-0.2, -0.15) is 8.78 Å². The Balaban J connectivity index is 1.55. The first-order valence-electron chi connectivity index (χ1n) is 7.55. The average molecular weight is 323 g/mol. The number of imidazole rings is 1. The summed E-state index contributed by atoms with van der Waals surface area (Å²) < 4.78 is 36.5. The topological polar surface area (TPSA) is 39.5 Å². The number of halogens is 2. The van der Waals surface area contributed by atoms with Gasteiger partial charge in [0, 0.05) is 38.6 Å². The molecule has 0 unspecified atom stereocenters. The first-order chi connectivity index (χ1) is 11.2. The van der Waals surface area contributed by atoms with Gasteiger partial charge in [0.05, 0.1) is 19.0 Å². The van der Waals surface area contributed by atoms with Gasteiger partial charge in [-0.05, 0) is 17.7 Å². The molecule has 2 heterocycles. The van der Waals surface area contributed by atoms with E-state index in [1.54, 1.807) is 36.8 Å². The summed E-state index contributed by atoms with van der Waals surface area (Å²) in [4.78, 5) is 6.36. The van der Waals surface area contributed by atoms with E-state index in [1.807, 2.05) is 10.8 Å². The van der Waals surface area contributed by atoms with Gasteiger partial charge in [-0.25, -0.2) is 4.98 Å². The molecule has 7 heteroatoms. The summed E-state index contributed by atoms with van der Waals surface area (Å²) in [6.45, 7) is 1.33. The number of morpholine rings is 1. The molecule has 5 nitrogen and oxygen atoms in total. The Morgan fingerprint density at radius 3 is 2.78 bits per heavy atom. The molecule has 1 atom stereocenters. The number of alkyl halides is 2. The standard InChI is InChI=1S/C16H19F2N3O2/c17-16(18)23-14-3-1-13(2-4-14)15-11-20(9-10-22-15)7-8-21-6-5-19-12-21/h1-6,12,15-16H,7-11H2/t15-/m1/s1. The highest BCUT2D eigenvalue weighted by atomic mass is 19.3. The summed E-state index contributed by atoms with van der Waals surface area (Å²) >= 11 is 0. The molecule has 0 radical (unpaired) electrons. The highest BCUT2D eigenvalue weighted by Crippen LogP contribution is 2.24. The first-order valence-corrected chi connectivity index (χ1v) is 7.55. The number of hydrogen-bond acceptors (Lipinski definition) is 4. The fraction of sp³-hybridized carbons (Fsp3) is 0.438. The maximum absolute atomic E-state index is 12.2. The van der Waals surface area contributed by atoms with E-state index in [9.17, 15) is 8.78 Å². The zero-order valence-corrected chi connectivity index (χ0v) is 12.6. The Morgan fingerprint density at radius 1 is 1.26 bits per heavy atom. The molecule has 1 saturated heterocycles. The predicted octanol–water partition coefficient (Wildman–Crippen LogP) is 2.56. The van der Waals surface area contributed by atoms with Crippen LogP contribution in [0.1, 0.15) is 11.7 Å². The molecule has 1 aliphatic rings. The van der Waals surface area contributed by atoms with Crippen LogP contribution in [0, 0.1) is 0 Å². The predicted molar refractivity (Wildman–Crippen MR) is 80.4 cm³/mol. The number of benzene rings is 1. The van der Waals surface area contributed by atoms with Crippen molar-refractivity contribution >= 4 is 0 Å². The summed E-state index contributed by atoms with van der Waals surface area (Å²) in [6.07, 6.45) is 5.47. The largest absolute Gasteiger partial charge is 0.435 e. The number of aromatic nitrogens is 2. The van der Waals surface area contributed by atoms with E-state index in [0.29, 0.717) is 6.61 Å². The second-order valence-corrected chi connectivity index (χ2v) is 5.41. The van der Waals surface area contributed by atoms with Crippen LogP contribution in [0.15, 0.2) is 43.0 Å². The summed E-state index contributed by atoms with van der Waals surface area (Å²) in [5.41, 5.74) is 0.971. The Hall–Kier alpha value is -1.99. The molecule has 3 rings (SSSR count). The fourth-order valence-corrected chi connectivity index (χ4v) is 2.65. The molecule has 1 aliphatic heterocycles. The molecule has 0 saturated carbocycles. The van der Waals surface area contributed by atoms with Gasteiger partial charge in [-0.15, -0.1) is 0 Å². The lowest BCUT2D eigenvalue weighted by molar-refractivity contribution is -0.0500. The van der Waals surface area contributed by atoms with E-state index >= 15 is 0 Å². The smallest absolute Gasteiger partial charge is 0.387 e. The maximum atomic E-state index is 12.2. The van der Waals surface area contributed by atoms with Crippen molar-refractivity contribution in [3.63, 3.8) is 0 Å². The normalized spacial score (nSPS) is 19.2. The summed E-state index contributed by atoms with van der Waals surface area (Å²) in [5, 5.41) is 0. The summed E-state index contributed by atoms with van der Waals surface area (Å²) in [7, 11) is 0. The molecule has 23 heavy (non-hydrogen) atoms. The van der Waals surface area contributed by atoms with Crippen molar-refractivity contribution in [3.8, 4) is 5.75 Å². The maximum Gasteiger partial charge on any atom is 0.387 e. The Labute approximate surface area is 133 Å². The van der Waals surface area contributed by atoms with E-state index in [1.165, 1.54) is 0 Å². The Bertz CT molecular complexity index is 590. The highest BCUT2D eigenvalue weighted by molar-refractivity contribution is 5.29. The molecular formula is C16H19F2N3O2. The number of rotatable bonds is 6. The molecule has 0 aliphatic carbocycles. The van der Waals surface area contributed by atoms with Crippen molar-refractivity contribution in [1.29, 1.82) is 0 Å². The SMILES string of the molecule is FC(F)Oc1ccc([C@H]2CN(CCn3ccnc3)CCO2)cc1. The minimum absolute atomic E-state index is 0.0489. The highest BCUT2D eigenvalue weighted by Gasteiger charge is 2.21. The molecule has 124 valence electrons. The number of nitrogens with zero attached hydrogens (tertiary/aromatic N) is 3. The van der Waals surface area contributed by atoms with Crippen molar-refractivity contribution < 1.29 is 18.3 Å². The van der Waals surface area contributed by atoms with Crippen LogP contribution in [0.2, 0.25) is 0 Å². The van der Waals surface area contributed by atoms with E-state index in [-0.39, 0.29) is 11.9 Å². The van der Waals surface area contributed by atoms with Gasteiger partial charge in [0.2, 0.25) is 0 Å². The lowest BCUT2D eigenvalue weighted by atomic mass is 10.1. The van der Waals surface area contributed by atoms with Crippen molar-refractivity contribution in [1.82, 2.24) is 14.5 Å². The van der Waals surface area contributed by atoms with Crippen molar-refractivity contribution in [2.45, 2.75) is 19.3 Å². The third kappa shape index (κ3) is 4.49. The van der Waals surface area contributed by atoms with Gasteiger partial charge >= 0.3 is 6.61 Å². The van der Waals surface area contributed by atoms with Crippen LogP contribution in [0.5, 0.6) is 5.75 Å². The van der Waals surface area contributed by atoms with Crippen LogP contribution in [0.3, 0.4) is 0 Å². The minimum atomic E-state index is -2.80. The molecular weight excluding hydrogens is 304 g/mol. The molecule has 0 bridgehead atoms. The molecule has 1 fully saturated rings. The molecule has 0 N–H and O–H groups in total. The van der Waals surface area contributed by atoms with E-state index in [0.717, 1.165) is 31.7 Å². The summed E-state index contributed by atoms with van der Waals surface area (Å²) in [5.74, 6) is 0.163. The molecule has 0 spiro atoms. The van der Waals surface area contributed by atoms with Gasteiger partial charge in [0.15, 0.2) is 0 Å². The van der Waals surface area contributed by atoms with Crippen LogP contribution in [0.25, 0.3) is 0 Å². The zero-order valence-electron chi connectivity index (χ0n) is 12.6. The van der Waals surface area contributed by atoms with Gasteiger partial charge in [0.1, 0.15) is 5.75 Å². The second-order valence-electron chi connectivity index (χ2n) is 5.41. The van der Waals surface area contributed by atoms with Crippen LogP contribution >= 0.6 is 0 Å². The van der Waals surface area contributed by atoms with Crippen molar-refractivity contribution in [2.75, 3.05) is 26.2 Å². The second kappa shape index (κ2) is 7.52. The number of ether oxygens (including phenoxy) is 2. The quantitative estimate of drug-likeness (QED) is 0.819. The third-order valence-electron chi connectivity index (χ3n) is 3.86. The molecule has 1 aromatic heterocycles. The number of hydrogen-bond donors (Lipinski definition) is 0. The molecule has 1 aromatic carbocycles. The van der Waals surface area contributed by atoms with Crippen molar-refractivity contribution in [3.05, 3.63) is 48.5 Å². The minimum Gasteiger partial charge on any atom is -0.435 e. The lowest BCUT2D eigenvalue weighted by Gasteiger charge is -2.33. The van der Waals surface area contributed by atoms with Gasteiger partial charge < -0.3 is 14.0 Å². The fourth-order valence-electron chi connectivity index (χ4n) is 2.65. The summed E-state index contributed by atoms with van der Waals surface area (Å²) in [6, 6.07) is 6.66. The van der Waals surface area contributed by atoms with Gasteiger partial charge in [0.25, 0.3) is 0 Å². The monoisotopic (exact) mass is 323 g/mol. The van der Waals surface area contributed by atoms with Crippen LogP contribution in [-0.4, -0.2) is 47.3 Å².